The Labute approximate surface area is 196 Å². The molecule has 12 atom stereocenters. The van der Waals surface area contributed by atoms with Gasteiger partial charge in [-0.15, -0.1) is 0 Å². The second-order valence-corrected chi connectivity index (χ2v) is 13.4. The van der Waals surface area contributed by atoms with E-state index in [9.17, 15) is 20.4 Å². The monoisotopic (exact) mass is 450 g/mol. The maximum absolute atomic E-state index is 11.7. The molecule has 4 aliphatic carbocycles. The molecule has 0 heterocycles. The van der Waals surface area contributed by atoms with E-state index in [0.717, 1.165) is 25.2 Å². The molecule has 0 aromatic heterocycles. The molecule has 4 nitrogen and oxygen atoms in total. The average molecular weight is 451 g/mol. The molecular weight excluding hydrogens is 400 g/mol. The zero-order valence-corrected chi connectivity index (χ0v) is 21.4. The van der Waals surface area contributed by atoms with Crippen LogP contribution in [0.4, 0.5) is 0 Å². The molecule has 4 saturated carbocycles. The van der Waals surface area contributed by atoms with Crippen LogP contribution in [0.3, 0.4) is 0 Å². The van der Waals surface area contributed by atoms with Crippen molar-refractivity contribution in [3.8, 4) is 0 Å². The minimum Gasteiger partial charge on any atom is -0.393 e. The third-order valence-electron chi connectivity index (χ3n) is 11.9. The number of hydrogen-bond donors (Lipinski definition) is 4. The lowest BCUT2D eigenvalue weighted by Crippen LogP contribution is -2.70. The predicted molar refractivity (Wildman–Crippen MR) is 128 cm³/mol. The van der Waals surface area contributed by atoms with Crippen molar-refractivity contribution in [2.24, 2.45) is 52.3 Å². The van der Waals surface area contributed by atoms with Crippen molar-refractivity contribution in [3.63, 3.8) is 0 Å². The predicted octanol–water partition coefficient (Wildman–Crippen LogP) is 4.77. The van der Waals surface area contributed by atoms with E-state index >= 15 is 0 Å². The van der Waals surface area contributed by atoms with Gasteiger partial charge in [0.25, 0.3) is 0 Å². The summed E-state index contributed by atoms with van der Waals surface area (Å²) in [6, 6.07) is 0. The third-order valence-corrected chi connectivity index (χ3v) is 11.9. The van der Waals surface area contributed by atoms with Gasteiger partial charge in [0.1, 0.15) is 0 Å². The van der Waals surface area contributed by atoms with Gasteiger partial charge in [0.2, 0.25) is 0 Å². The van der Waals surface area contributed by atoms with Gasteiger partial charge in [-0.25, -0.2) is 0 Å². The van der Waals surface area contributed by atoms with Crippen LogP contribution < -0.4 is 0 Å². The first-order chi connectivity index (χ1) is 14.9. The molecule has 4 N–H and O–H groups in total. The van der Waals surface area contributed by atoms with E-state index < -0.39 is 23.2 Å². The van der Waals surface area contributed by atoms with Gasteiger partial charge >= 0.3 is 0 Å². The molecule has 0 saturated heterocycles. The van der Waals surface area contributed by atoms with E-state index in [1.165, 1.54) is 19.3 Å². The number of fused-ring (bicyclic) bond motifs is 5. The van der Waals surface area contributed by atoms with Crippen molar-refractivity contribution in [2.75, 3.05) is 0 Å². The van der Waals surface area contributed by atoms with Crippen molar-refractivity contribution in [1.82, 2.24) is 0 Å². The fourth-order valence-electron chi connectivity index (χ4n) is 9.25. The Morgan fingerprint density at radius 1 is 0.844 bits per heavy atom. The van der Waals surface area contributed by atoms with Gasteiger partial charge in [0.15, 0.2) is 0 Å². The molecule has 0 aromatic carbocycles. The van der Waals surface area contributed by atoms with Crippen LogP contribution in [0.25, 0.3) is 0 Å². The molecule has 4 rings (SSSR count). The summed E-state index contributed by atoms with van der Waals surface area (Å²) in [7, 11) is 0. The zero-order valence-electron chi connectivity index (χ0n) is 21.4. The summed E-state index contributed by atoms with van der Waals surface area (Å²) in [4.78, 5) is 0. The minimum atomic E-state index is -1.24. The Hall–Kier alpha value is -0.160. The number of aliphatic hydroxyl groups is 4. The van der Waals surface area contributed by atoms with E-state index in [1.807, 2.05) is 0 Å². The van der Waals surface area contributed by atoms with Gasteiger partial charge in [-0.1, -0.05) is 54.4 Å². The van der Waals surface area contributed by atoms with Crippen LogP contribution in [-0.2, 0) is 0 Å². The van der Waals surface area contributed by atoms with E-state index in [0.29, 0.717) is 42.4 Å². The second-order valence-electron chi connectivity index (χ2n) is 13.4. The van der Waals surface area contributed by atoms with Gasteiger partial charge in [0.05, 0.1) is 23.9 Å². The zero-order chi connectivity index (χ0) is 23.6. The van der Waals surface area contributed by atoms with Crippen LogP contribution in [0.2, 0.25) is 0 Å². The Bertz CT molecular complexity index is 680. The molecule has 0 spiro atoms. The molecule has 0 bridgehead atoms. The first-order valence-corrected chi connectivity index (χ1v) is 13.6. The van der Waals surface area contributed by atoms with Crippen molar-refractivity contribution in [3.05, 3.63) is 0 Å². The lowest BCUT2D eigenvalue weighted by atomic mass is 9.41. The maximum atomic E-state index is 11.7. The van der Waals surface area contributed by atoms with Crippen LogP contribution in [0, 0.1) is 52.3 Å². The van der Waals surface area contributed by atoms with Crippen LogP contribution >= 0.6 is 0 Å². The first kappa shape index (κ1) is 24.9. The van der Waals surface area contributed by atoms with Crippen LogP contribution in [0.1, 0.15) is 99.3 Å². The average Bonchev–Trinajstić information content (AvgIpc) is 3.08. The van der Waals surface area contributed by atoms with Gasteiger partial charge < -0.3 is 20.4 Å². The lowest BCUT2D eigenvalue weighted by molar-refractivity contribution is -0.275. The van der Waals surface area contributed by atoms with Crippen molar-refractivity contribution >= 4 is 0 Å². The molecule has 4 unspecified atom stereocenters. The number of hydrogen-bond acceptors (Lipinski definition) is 4. The van der Waals surface area contributed by atoms with Crippen LogP contribution in [0.15, 0.2) is 0 Å². The highest BCUT2D eigenvalue weighted by Gasteiger charge is 2.69. The number of rotatable bonds is 5. The molecule has 0 aliphatic heterocycles. The summed E-state index contributed by atoms with van der Waals surface area (Å²) in [6.45, 7) is 13.9. The Kier molecular flexibility index (Phi) is 6.63. The molecule has 32 heavy (non-hydrogen) atoms. The fourth-order valence-corrected chi connectivity index (χ4v) is 9.25. The Morgan fingerprint density at radius 3 is 2.19 bits per heavy atom. The maximum Gasteiger partial charge on any atom is 0.0985 e. The minimum absolute atomic E-state index is 0.0959. The summed E-state index contributed by atoms with van der Waals surface area (Å²) < 4.78 is 0. The summed E-state index contributed by atoms with van der Waals surface area (Å²) in [5, 5.41) is 44.8. The van der Waals surface area contributed by atoms with Gasteiger partial charge in [-0.05, 0) is 85.4 Å². The molecule has 0 aromatic rings. The summed E-state index contributed by atoms with van der Waals surface area (Å²) in [5.41, 5.74) is -1.77. The Balaban J connectivity index is 1.57. The fraction of sp³-hybridized carbons (Fsp3) is 1.00. The summed E-state index contributed by atoms with van der Waals surface area (Å²) in [5.74, 6) is 3.56. The first-order valence-electron chi connectivity index (χ1n) is 13.6. The van der Waals surface area contributed by atoms with Crippen LogP contribution in [-0.4, -0.2) is 44.3 Å². The smallest absolute Gasteiger partial charge is 0.0985 e. The summed E-state index contributed by atoms with van der Waals surface area (Å²) in [6.07, 6.45) is 6.12. The number of aliphatic hydroxyl groups excluding tert-OH is 3. The molecule has 4 heteroatoms. The molecule has 4 aliphatic rings. The molecular formula is C28H50O4. The van der Waals surface area contributed by atoms with Crippen molar-refractivity contribution in [2.45, 2.75) is 123 Å². The summed E-state index contributed by atoms with van der Waals surface area (Å²) >= 11 is 0. The largest absolute Gasteiger partial charge is 0.393 e. The van der Waals surface area contributed by atoms with Gasteiger partial charge in [-0.2, -0.15) is 0 Å². The normalized spacial score (nSPS) is 52.8. The van der Waals surface area contributed by atoms with Crippen molar-refractivity contribution in [1.29, 1.82) is 0 Å². The van der Waals surface area contributed by atoms with Gasteiger partial charge in [0, 0.05) is 11.8 Å². The standard InChI is InChI=1S/C28H50O4/c1-16(2)17(3)7-8-18(4)21-9-10-22-20-13-25(31)28(32)15-19(29)11-12-26(28,5)23(20)14-24(30)27(21,22)6/h16-25,29-32H,7-15H2,1-6H3/t17-,18+,19?,20-,21+,22-,23-,24?,25?,26+,27+,28?/m0/s1. The molecule has 186 valence electrons. The highest BCUT2D eigenvalue weighted by molar-refractivity contribution is 5.18. The van der Waals surface area contributed by atoms with E-state index in [-0.39, 0.29) is 23.9 Å². The quantitative estimate of drug-likeness (QED) is 0.486. The van der Waals surface area contributed by atoms with E-state index in [2.05, 4.69) is 41.5 Å². The van der Waals surface area contributed by atoms with E-state index in [4.69, 9.17) is 0 Å². The van der Waals surface area contributed by atoms with Gasteiger partial charge in [-0.3, -0.25) is 0 Å². The molecule has 4 fully saturated rings. The molecule has 0 amide bonds. The highest BCUT2D eigenvalue weighted by atomic mass is 16.3. The van der Waals surface area contributed by atoms with E-state index in [1.54, 1.807) is 0 Å². The Morgan fingerprint density at radius 2 is 1.53 bits per heavy atom. The third kappa shape index (κ3) is 3.53. The lowest BCUT2D eigenvalue weighted by Gasteiger charge is -2.66. The van der Waals surface area contributed by atoms with Crippen LogP contribution in [0.5, 0.6) is 0 Å². The highest BCUT2D eigenvalue weighted by Crippen LogP contribution is 2.69. The SMILES string of the molecule is CC(C)[C@@H](C)CC[C@@H](C)[C@H]1CC[C@H]2[C@@H]3CC(O)C4(O)CC(O)CC[C@]4(C)[C@H]3CC(O)[C@]12C. The second kappa shape index (κ2) is 8.50. The topological polar surface area (TPSA) is 80.9 Å². The molecule has 0 radical (unpaired) electrons. The van der Waals surface area contributed by atoms with Crippen molar-refractivity contribution < 1.29 is 20.4 Å².